The molecule has 2 aromatic rings. The largest absolute Gasteiger partial charge is 0.496 e. The standard InChI is InChI=1S/C19H22N2O4/c1-12-8-9-13(2)14(10-12)21-17(22)11-20-19(23)18-15(24-3)6-5-7-16(18)25-4/h5-10H,11H2,1-4H3,(H,20,23)(H,21,22). The molecular weight excluding hydrogens is 320 g/mol. The highest BCUT2D eigenvalue weighted by molar-refractivity contribution is 6.02. The fourth-order valence-corrected chi connectivity index (χ4v) is 2.39. The highest BCUT2D eigenvalue weighted by atomic mass is 16.5. The average Bonchev–Trinajstić information content (AvgIpc) is 2.61. The number of carbonyl (C=O) groups is 2. The van der Waals surface area contributed by atoms with Crippen molar-refractivity contribution >= 4 is 17.5 Å². The summed E-state index contributed by atoms with van der Waals surface area (Å²) < 4.78 is 10.4. The Labute approximate surface area is 147 Å². The van der Waals surface area contributed by atoms with Gasteiger partial charge in [0.25, 0.3) is 5.91 Å². The van der Waals surface area contributed by atoms with Crippen LogP contribution in [0.2, 0.25) is 0 Å². The maximum Gasteiger partial charge on any atom is 0.259 e. The van der Waals surface area contributed by atoms with E-state index < -0.39 is 5.91 Å². The van der Waals surface area contributed by atoms with E-state index in [4.69, 9.17) is 9.47 Å². The monoisotopic (exact) mass is 342 g/mol. The van der Waals surface area contributed by atoms with Crippen molar-refractivity contribution in [3.05, 3.63) is 53.1 Å². The van der Waals surface area contributed by atoms with Crippen LogP contribution in [0.4, 0.5) is 5.69 Å². The molecule has 2 aromatic carbocycles. The summed E-state index contributed by atoms with van der Waals surface area (Å²) in [5, 5.41) is 5.39. The number of hydrogen-bond donors (Lipinski definition) is 2. The quantitative estimate of drug-likeness (QED) is 0.846. The first kappa shape index (κ1) is 18.3. The fourth-order valence-electron chi connectivity index (χ4n) is 2.39. The van der Waals surface area contributed by atoms with Gasteiger partial charge in [-0.05, 0) is 43.2 Å². The Morgan fingerprint density at radius 3 is 2.24 bits per heavy atom. The summed E-state index contributed by atoms with van der Waals surface area (Å²) in [6, 6.07) is 10.8. The van der Waals surface area contributed by atoms with Crippen LogP contribution < -0.4 is 20.1 Å². The second kappa shape index (κ2) is 8.19. The normalized spacial score (nSPS) is 10.1. The number of amides is 2. The van der Waals surface area contributed by atoms with Crippen LogP contribution in [0.15, 0.2) is 36.4 Å². The van der Waals surface area contributed by atoms with Gasteiger partial charge in [0.2, 0.25) is 5.91 Å². The SMILES string of the molecule is COc1cccc(OC)c1C(=O)NCC(=O)Nc1cc(C)ccc1C. The number of ether oxygens (including phenoxy) is 2. The lowest BCUT2D eigenvalue weighted by Gasteiger charge is -2.13. The minimum Gasteiger partial charge on any atom is -0.496 e. The van der Waals surface area contributed by atoms with Gasteiger partial charge in [-0.25, -0.2) is 0 Å². The second-order valence-corrected chi connectivity index (χ2v) is 5.59. The van der Waals surface area contributed by atoms with Crippen molar-refractivity contribution in [3.8, 4) is 11.5 Å². The molecule has 0 saturated heterocycles. The Kier molecular flexibility index (Phi) is 6.00. The molecule has 0 heterocycles. The maximum atomic E-state index is 12.4. The van der Waals surface area contributed by atoms with Crippen LogP contribution in [0, 0.1) is 13.8 Å². The lowest BCUT2D eigenvalue weighted by Crippen LogP contribution is -2.33. The first-order valence-electron chi connectivity index (χ1n) is 7.82. The zero-order valence-corrected chi connectivity index (χ0v) is 14.8. The van der Waals surface area contributed by atoms with Crippen molar-refractivity contribution in [1.82, 2.24) is 5.32 Å². The summed E-state index contributed by atoms with van der Waals surface area (Å²) in [6.45, 7) is 3.70. The second-order valence-electron chi connectivity index (χ2n) is 5.59. The van der Waals surface area contributed by atoms with Gasteiger partial charge in [0.1, 0.15) is 17.1 Å². The van der Waals surface area contributed by atoms with Crippen LogP contribution in [0.1, 0.15) is 21.5 Å². The number of nitrogens with one attached hydrogen (secondary N) is 2. The number of benzene rings is 2. The molecule has 132 valence electrons. The van der Waals surface area contributed by atoms with Crippen LogP contribution in [-0.4, -0.2) is 32.6 Å². The Balaban J connectivity index is 2.05. The predicted octanol–water partition coefficient (Wildman–Crippen LogP) is 2.69. The average molecular weight is 342 g/mol. The molecule has 25 heavy (non-hydrogen) atoms. The van der Waals surface area contributed by atoms with Gasteiger partial charge in [0.15, 0.2) is 0 Å². The molecule has 0 aliphatic carbocycles. The zero-order chi connectivity index (χ0) is 18.4. The van der Waals surface area contributed by atoms with Crippen LogP contribution >= 0.6 is 0 Å². The van der Waals surface area contributed by atoms with Gasteiger partial charge >= 0.3 is 0 Å². The lowest BCUT2D eigenvalue weighted by molar-refractivity contribution is -0.115. The number of anilines is 1. The molecule has 0 aliphatic heterocycles. The fraction of sp³-hybridized carbons (Fsp3) is 0.263. The molecule has 0 aromatic heterocycles. The number of methoxy groups -OCH3 is 2. The van der Waals surface area contributed by atoms with Crippen molar-refractivity contribution in [2.75, 3.05) is 26.1 Å². The van der Waals surface area contributed by atoms with Crippen LogP contribution in [0.5, 0.6) is 11.5 Å². The summed E-state index contributed by atoms with van der Waals surface area (Å²) >= 11 is 0. The molecule has 2 N–H and O–H groups in total. The van der Waals surface area contributed by atoms with E-state index in [0.29, 0.717) is 11.5 Å². The molecule has 0 fully saturated rings. The summed E-state index contributed by atoms with van der Waals surface area (Å²) in [5.41, 5.74) is 2.99. The highest BCUT2D eigenvalue weighted by Crippen LogP contribution is 2.27. The number of aryl methyl sites for hydroxylation is 2. The van der Waals surface area contributed by atoms with Gasteiger partial charge in [0.05, 0.1) is 20.8 Å². The van der Waals surface area contributed by atoms with E-state index in [-0.39, 0.29) is 18.0 Å². The molecule has 0 aliphatic rings. The minimum absolute atomic E-state index is 0.159. The maximum absolute atomic E-state index is 12.4. The van der Waals surface area contributed by atoms with E-state index in [9.17, 15) is 9.59 Å². The molecule has 6 nitrogen and oxygen atoms in total. The van der Waals surface area contributed by atoms with Gasteiger partial charge in [-0.1, -0.05) is 18.2 Å². The van der Waals surface area contributed by atoms with Crippen molar-refractivity contribution in [2.45, 2.75) is 13.8 Å². The van der Waals surface area contributed by atoms with Crippen molar-refractivity contribution < 1.29 is 19.1 Å². The minimum atomic E-state index is -0.439. The van der Waals surface area contributed by atoms with Gasteiger partial charge < -0.3 is 20.1 Å². The molecule has 2 amide bonds. The molecule has 2 rings (SSSR count). The summed E-state index contributed by atoms with van der Waals surface area (Å²) in [7, 11) is 2.94. The van der Waals surface area contributed by atoms with Crippen LogP contribution in [0.3, 0.4) is 0 Å². The Hall–Kier alpha value is -3.02. The highest BCUT2D eigenvalue weighted by Gasteiger charge is 2.18. The number of hydrogen-bond acceptors (Lipinski definition) is 4. The molecule has 6 heteroatoms. The molecule has 0 saturated carbocycles. The summed E-state index contributed by atoms with van der Waals surface area (Å²) in [4.78, 5) is 24.6. The summed E-state index contributed by atoms with van der Waals surface area (Å²) in [6.07, 6.45) is 0. The predicted molar refractivity (Wildman–Crippen MR) is 96.4 cm³/mol. The van der Waals surface area contributed by atoms with E-state index in [1.165, 1.54) is 14.2 Å². The zero-order valence-electron chi connectivity index (χ0n) is 14.8. The molecule has 0 spiro atoms. The van der Waals surface area contributed by atoms with Crippen molar-refractivity contribution in [1.29, 1.82) is 0 Å². The van der Waals surface area contributed by atoms with Crippen LogP contribution in [0.25, 0.3) is 0 Å². The summed E-state index contributed by atoms with van der Waals surface area (Å²) in [5.74, 6) is 0.0138. The number of rotatable bonds is 6. The van der Waals surface area contributed by atoms with Gasteiger partial charge in [0, 0.05) is 5.69 Å². The Morgan fingerprint density at radius 2 is 1.64 bits per heavy atom. The van der Waals surface area contributed by atoms with Crippen molar-refractivity contribution in [3.63, 3.8) is 0 Å². The molecule has 0 unspecified atom stereocenters. The van der Waals surface area contributed by atoms with E-state index in [1.54, 1.807) is 18.2 Å². The smallest absolute Gasteiger partial charge is 0.259 e. The third-order valence-corrected chi connectivity index (χ3v) is 3.73. The third kappa shape index (κ3) is 4.50. The molecular formula is C19H22N2O4. The van der Waals surface area contributed by atoms with E-state index in [1.807, 2.05) is 32.0 Å². The van der Waals surface area contributed by atoms with Crippen LogP contribution in [-0.2, 0) is 4.79 Å². The van der Waals surface area contributed by atoms with E-state index in [0.717, 1.165) is 16.8 Å². The van der Waals surface area contributed by atoms with E-state index in [2.05, 4.69) is 10.6 Å². The Morgan fingerprint density at radius 1 is 1.00 bits per heavy atom. The Bertz CT molecular complexity index is 765. The van der Waals surface area contributed by atoms with Gasteiger partial charge in [-0.2, -0.15) is 0 Å². The van der Waals surface area contributed by atoms with Crippen molar-refractivity contribution in [2.24, 2.45) is 0 Å². The molecule has 0 radical (unpaired) electrons. The third-order valence-electron chi connectivity index (χ3n) is 3.73. The molecule has 0 bridgehead atoms. The molecule has 0 atom stereocenters. The lowest BCUT2D eigenvalue weighted by atomic mass is 10.1. The topological polar surface area (TPSA) is 76.7 Å². The van der Waals surface area contributed by atoms with Gasteiger partial charge in [-0.3, -0.25) is 9.59 Å². The number of carbonyl (C=O) groups excluding carboxylic acids is 2. The first-order valence-corrected chi connectivity index (χ1v) is 7.82. The van der Waals surface area contributed by atoms with E-state index >= 15 is 0 Å². The van der Waals surface area contributed by atoms with Gasteiger partial charge in [-0.15, -0.1) is 0 Å². The first-order chi connectivity index (χ1) is 12.0.